The SMILES string of the molecule is c1ccc(-n2c3ccc(-c4ccc5sc6ccccc6c5c4)cc3c3cc(-c4ccc5c6c(cccc46)-c4ccccc4-5)ccc32)cc1. The zero-order chi connectivity index (χ0) is 31.3. The Morgan fingerprint density at radius 1 is 0.333 bits per heavy atom. The summed E-state index contributed by atoms with van der Waals surface area (Å²) >= 11 is 1.87. The summed E-state index contributed by atoms with van der Waals surface area (Å²) in [6.45, 7) is 0. The van der Waals surface area contributed by atoms with Crippen molar-refractivity contribution in [2.45, 2.75) is 0 Å². The predicted molar refractivity (Wildman–Crippen MR) is 206 cm³/mol. The Kier molecular flexibility index (Phi) is 5.32. The van der Waals surface area contributed by atoms with E-state index in [-0.39, 0.29) is 0 Å². The first-order valence-corrected chi connectivity index (χ1v) is 17.3. The lowest BCUT2D eigenvalue weighted by molar-refractivity contribution is 1.18. The molecule has 10 aromatic rings. The van der Waals surface area contributed by atoms with Gasteiger partial charge in [-0.2, -0.15) is 0 Å². The third-order valence-electron chi connectivity index (χ3n) is 10.3. The number of para-hydroxylation sites is 1. The average Bonchev–Trinajstić information content (AvgIpc) is 3.80. The Balaban J connectivity index is 1.15. The van der Waals surface area contributed by atoms with Crippen LogP contribution in [-0.4, -0.2) is 4.57 Å². The first-order chi connectivity index (χ1) is 23.8. The van der Waals surface area contributed by atoms with Gasteiger partial charge in [0.15, 0.2) is 0 Å². The van der Waals surface area contributed by atoms with E-state index in [1.54, 1.807) is 0 Å². The summed E-state index contributed by atoms with van der Waals surface area (Å²) in [6, 6.07) is 60.7. The van der Waals surface area contributed by atoms with E-state index in [1.165, 1.54) is 103 Å². The summed E-state index contributed by atoms with van der Waals surface area (Å²) < 4.78 is 5.09. The Labute approximate surface area is 281 Å². The molecule has 48 heavy (non-hydrogen) atoms. The van der Waals surface area contributed by atoms with Crippen molar-refractivity contribution in [3.8, 4) is 50.2 Å². The number of hydrogen-bond acceptors (Lipinski definition) is 1. The summed E-state index contributed by atoms with van der Waals surface area (Å²) in [5.74, 6) is 0. The number of aromatic nitrogens is 1. The standard InChI is InChI=1S/C46H27NS/c1-2-9-31(10-3-1)47-42-22-17-28(29-19-24-45-41(26-29)35-13-6-7-16-44(35)48-45)25-39(42)40-27-30(18-23-43(40)47)32-20-21-38-34-12-5-4-11-33(34)37-15-8-14-36(32)46(37)38/h1-27H. The maximum Gasteiger partial charge on any atom is 0.0541 e. The fourth-order valence-electron chi connectivity index (χ4n) is 8.19. The van der Waals surface area contributed by atoms with Crippen LogP contribution in [0.2, 0.25) is 0 Å². The highest BCUT2D eigenvalue weighted by Crippen LogP contribution is 2.49. The average molecular weight is 626 g/mol. The molecule has 0 atom stereocenters. The first-order valence-electron chi connectivity index (χ1n) is 16.5. The molecule has 0 spiro atoms. The summed E-state index contributed by atoms with van der Waals surface area (Å²) in [5, 5.41) is 7.87. The van der Waals surface area contributed by atoms with Gasteiger partial charge in [0.25, 0.3) is 0 Å². The van der Waals surface area contributed by atoms with E-state index in [9.17, 15) is 0 Å². The number of hydrogen-bond donors (Lipinski definition) is 0. The van der Waals surface area contributed by atoms with Gasteiger partial charge >= 0.3 is 0 Å². The molecule has 2 aromatic heterocycles. The highest BCUT2D eigenvalue weighted by molar-refractivity contribution is 7.25. The van der Waals surface area contributed by atoms with Gasteiger partial charge in [0.1, 0.15) is 0 Å². The van der Waals surface area contributed by atoms with Gasteiger partial charge in [-0.25, -0.2) is 0 Å². The van der Waals surface area contributed by atoms with Crippen molar-refractivity contribution in [2.24, 2.45) is 0 Å². The topological polar surface area (TPSA) is 4.93 Å². The van der Waals surface area contributed by atoms with Crippen molar-refractivity contribution in [3.05, 3.63) is 164 Å². The number of fused-ring (bicyclic) bond motifs is 9. The smallest absolute Gasteiger partial charge is 0.0541 e. The van der Waals surface area contributed by atoms with Gasteiger partial charge in [-0.3, -0.25) is 0 Å². The minimum absolute atomic E-state index is 1.17. The Hall–Kier alpha value is -5.96. The summed E-state index contributed by atoms with van der Waals surface area (Å²) in [7, 11) is 0. The monoisotopic (exact) mass is 625 g/mol. The van der Waals surface area contributed by atoms with Crippen molar-refractivity contribution in [1.29, 1.82) is 0 Å². The van der Waals surface area contributed by atoms with Crippen LogP contribution in [0.5, 0.6) is 0 Å². The Bertz CT molecular complexity index is 2910. The molecule has 1 aliphatic rings. The lowest BCUT2D eigenvalue weighted by Gasteiger charge is -2.11. The van der Waals surface area contributed by atoms with Gasteiger partial charge in [0.05, 0.1) is 11.0 Å². The summed E-state index contributed by atoms with van der Waals surface area (Å²) in [4.78, 5) is 0. The van der Waals surface area contributed by atoms with E-state index >= 15 is 0 Å². The van der Waals surface area contributed by atoms with Crippen LogP contribution in [0.15, 0.2) is 164 Å². The maximum atomic E-state index is 2.42. The third kappa shape index (κ3) is 3.61. The molecule has 0 radical (unpaired) electrons. The molecule has 8 aromatic carbocycles. The Morgan fingerprint density at radius 2 is 0.896 bits per heavy atom. The molecule has 0 saturated carbocycles. The quantitative estimate of drug-likeness (QED) is 0.184. The zero-order valence-electron chi connectivity index (χ0n) is 25.9. The first kappa shape index (κ1) is 26.1. The minimum atomic E-state index is 1.17. The molecule has 0 fully saturated rings. The van der Waals surface area contributed by atoms with Gasteiger partial charge in [0.2, 0.25) is 0 Å². The van der Waals surface area contributed by atoms with Gasteiger partial charge in [-0.05, 0) is 110 Å². The van der Waals surface area contributed by atoms with Crippen LogP contribution in [0.1, 0.15) is 0 Å². The molecule has 0 saturated heterocycles. The molecular formula is C46H27NS. The van der Waals surface area contributed by atoms with Crippen LogP contribution in [0.4, 0.5) is 0 Å². The molecule has 1 aliphatic carbocycles. The van der Waals surface area contributed by atoms with Gasteiger partial charge in [-0.15, -0.1) is 11.3 Å². The lowest BCUT2D eigenvalue weighted by atomic mass is 9.93. The molecule has 0 unspecified atom stereocenters. The fraction of sp³-hybridized carbons (Fsp3) is 0. The van der Waals surface area contributed by atoms with Gasteiger partial charge in [0, 0.05) is 36.6 Å². The van der Waals surface area contributed by atoms with E-state index < -0.39 is 0 Å². The van der Waals surface area contributed by atoms with Gasteiger partial charge < -0.3 is 4.57 Å². The van der Waals surface area contributed by atoms with Gasteiger partial charge in [-0.1, -0.05) is 109 Å². The molecule has 11 rings (SSSR count). The summed E-state index contributed by atoms with van der Waals surface area (Å²) in [5.41, 5.74) is 13.9. The number of benzene rings is 8. The van der Waals surface area contributed by atoms with E-state index in [2.05, 4.69) is 168 Å². The van der Waals surface area contributed by atoms with Crippen molar-refractivity contribution >= 4 is 64.1 Å². The van der Waals surface area contributed by atoms with Crippen LogP contribution < -0.4 is 0 Å². The zero-order valence-corrected chi connectivity index (χ0v) is 26.8. The van der Waals surface area contributed by atoms with Crippen molar-refractivity contribution < 1.29 is 0 Å². The molecule has 2 heteroatoms. The molecule has 222 valence electrons. The van der Waals surface area contributed by atoms with Crippen LogP contribution in [-0.2, 0) is 0 Å². The highest BCUT2D eigenvalue weighted by atomic mass is 32.1. The molecule has 0 aliphatic heterocycles. The third-order valence-corrected chi connectivity index (χ3v) is 11.5. The fourth-order valence-corrected chi connectivity index (χ4v) is 9.28. The second-order valence-electron chi connectivity index (χ2n) is 12.9. The minimum Gasteiger partial charge on any atom is -0.309 e. The molecule has 2 heterocycles. The van der Waals surface area contributed by atoms with E-state index in [4.69, 9.17) is 0 Å². The van der Waals surface area contributed by atoms with E-state index in [1.807, 2.05) is 11.3 Å². The molecule has 0 bridgehead atoms. The number of nitrogens with zero attached hydrogens (tertiary/aromatic N) is 1. The van der Waals surface area contributed by atoms with Crippen LogP contribution in [0.25, 0.3) is 103 Å². The van der Waals surface area contributed by atoms with Crippen LogP contribution >= 0.6 is 11.3 Å². The lowest BCUT2D eigenvalue weighted by Crippen LogP contribution is -1.93. The van der Waals surface area contributed by atoms with Crippen LogP contribution in [0, 0.1) is 0 Å². The molecule has 0 amide bonds. The van der Waals surface area contributed by atoms with Crippen molar-refractivity contribution in [2.75, 3.05) is 0 Å². The number of thiophene rings is 1. The predicted octanol–water partition coefficient (Wildman–Crippen LogP) is 13.3. The molecule has 1 nitrogen and oxygen atoms in total. The Morgan fingerprint density at radius 3 is 1.71 bits per heavy atom. The van der Waals surface area contributed by atoms with E-state index in [0.29, 0.717) is 0 Å². The normalized spacial score (nSPS) is 12.2. The largest absolute Gasteiger partial charge is 0.309 e. The van der Waals surface area contributed by atoms with Crippen molar-refractivity contribution in [3.63, 3.8) is 0 Å². The van der Waals surface area contributed by atoms with Crippen LogP contribution in [0.3, 0.4) is 0 Å². The molecule has 0 N–H and O–H groups in total. The summed E-state index contributed by atoms with van der Waals surface area (Å²) in [6.07, 6.45) is 0. The number of rotatable bonds is 3. The maximum absolute atomic E-state index is 2.42. The molecular weight excluding hydrogens is 599 g/mol. The second kappa shape index (κ2) is 9.78. The highest BCUT2D eigenvalue weighted by Gasteiger charge is 2.23. The van der Waals surface area contributed by atoms with Crippen molar-refractivity contribution in [1.82, 2.24) is 4.57 Å². The second-order valence-corrected chi connectivity index (χ2v) is 14.0. The van der Waals surface area contributed by atoms with E-state index in [0.717, 1.165) is 0 Å².